The number of hydrogen-bond donors (Lipinski definition) is 1. The second kappa shape index (κ2) is 6.19. The molecular weight excluding hydrogens is 344 g/mol. The van der Waals surface area contributed by atoms with Gasteiger partial charge in [0.05, 0.1) is 0 Å². The Morgan fingerprint density at radius 3 is 2.77 bits per heavy atom. The highest BCUT2D eigenvalue weighted by atomic mass is 19.2. The molecule has 0 saturated carbocycles. The zero-order valence-corrected chi connectivity index (χ0v) is 13.9. The second-order valence-corrected chi connectivity index (χ2v) is 6.61. The maximum atomic E-state index is 14.2. The summed E-state index contributed by atoms with van der Waals surface area (Å²) < 4.78 is 29.1. The van der Waals surface area contributed by atoms with Gasteiger partial charge in [-0.15, -0.1) is 0 Å². The minimum Gasteiger partial charge on any atom is -0.480 e. The lowest BCUT2D eigenvalue weighted by Crippen LogP contribution is -2.40. The Morgan fingerprint density at radius 1 is 1.19 bits per heavy atom. The van der Waals surface area contributed by atoms with E-state index in [4.69, 9.17) is 0 Å². The second-order valence-electron chi connectivity index (χ2n) is 6.61. The van der Waals surface area contributed by atoms with E-state index in [-0.39, 0.29) is 11.4 Å². The zero-order valence-electron chi connectivity index (χ0n) is 13.9. The molecule has 1 atom stereocenters. The van der Waals surface area contributed by atoms with Crippen LogP contribution in [0.3, 0.4) is 0 Å². The van der Waals surface area contributed by atoms with Gasteiger partial charge in [-0.05, 0) is 44.2 Å². The summed E-state index contributed by atoms with van der Waals surface area (Å²) in [6.07, 6.45) is 3.02. The topological polar surface area (TPSA) is 75.4 Å². The molecule has 136 valence electrons. The summed E-state index contributed by atoms with van der Waals surface area (Å²) in [5.74, 6) is -3.50. The number of nitrogens with zero attached hydrogens (tertiary/aromatic N) is 3. The lowest BCUT2D eigenvalue weighted by Gasteiger charge is -2.20. The Morgan fingerprint density at radius 2 is 2.00 bits per heavy atom. The van der Waals surface area contributed by atoms with Crippen molar-refractivity contribution in [2.75, 3.05) is 6.54 Å². The highest BCUT2D eigenvalue weighted by molar-refractivity contribution is 5.97. The minimum absolute atomic E-state index is 0.0431. The van der Waals surface area contributed by atoms with Crippen LogP contribution in [-0.2, 0) is 17.6 Å². The standard InChI is InChI=1S/C18H17F2N3O3/c19-11-5-2-7-13(15(11)20)23-12-6-1-4-10(12)16(21-23)17(24)22-9-3-8-14(22)18(25)26/h2,5,7,14H,1,3-4,6,8-9H2,(H,25,26)/t14-/m1/s1. The Labute approximate surface area is 148 Å². The molecule has 1 N–H and O–H groups in total. The average Bonchev–Trinajstić information content (AvgIpc) is 3.32. The van der Waals surface area contributed by atoms with Gasteiger partial charge in [0.1, 0.15) is 11.7 Å². The zero-order chi connectivity index (χ0) is 18.4. The van der Waals surface area contributed by atoms with Gasteiger partial charge in [-0.3, -0.25) is 4.79 Å². The molecule has 0 radical (unpaired) electrons. The molecule has 8 heteroatoms. The van der Waals surface area contributed by atoms with Crippen LogP contribution in [0, 0.1) is 11.6 Å². The molecule has 1 aliphatic carbocycles. The fourth-order valence-electron chi connectivity index (χ4n) is 3.87. The van der Waals surface area contributed by atoms with Crippen LogP contribution >= 0.6 is 0 Å². The molecule has 1 fully saturated rings. The van der Waals surface area contributed by atoms with Crippen LogP contribution in [0.2, 0.25) is 0 Å². The molecular formula is C18H17F2N3O3. The van der Waals surface area contributed by atoms with Crippen molar-refractivity contribution in [3.05, 3.63) is 46.8 Å². The van der Waals surface area contributed by atoms with Gasteiger partial charge in [0.15, 0.2) is 17.3 Å². The van der Waals surface area contributed by atoms with Gasteiger partial charge in [0.2, 0.25) is 0 Å². The highest BCUT2D eigenvalue weighted by Gasteiger charge is 2.38. The number of aliphatic carboxylic acids is 1. The van der Waals surface area contributed by atoms with Gasteiger partial charge in [-0.2, -0.15) is 5.10 Å². The number of likely N-dealkylation sites (tertiary alicyclic amines) is 1. The number of aromatic nitrogens is 2. The van der Waals surface area contributed by atoms with Crippen molar-refractivity contribution in [3.8, 4) is 5.69 Å². The smallest absolute Gasteiger partial charge is 0.326 e. The minimum atomic E-state index is -1.04. The molecule has 2 heterocycles. The summed E-state index contributed by atoms with van der Waals surface area (Å²) in [6, 6.07) is 2.96. The first-order chi connectivity index (χ1) is 12.5. The molecule has 26 heavy (non-hydrogen) atoms. The van der Waals surface area contributed by atoms with Gasteiger partial charge >= 0.3 is 5.97 Å². The van der Waals surface area contributed by atoms with Crippen LogP contribution in [0.1, 0.15) is 41.0 Å². The first kappa shape index (κ1) is 16.7. The normalized spacial score (nSPS) is 19.0. The maximum absolute atomic E-state index is 14.2. The van der Waals surface area contributed by atoms with E-state index >= 15 is 0 Å². The average molecular weight is 361 g/mol. The Balaban J connectivity index is 1.78. The number of carbonyl (C=O) groups is 2. The van der Waals surface area contributed by atoms with Crippen molar-refractivity contribution in [3.63, 3.8) is 0 Å². The van der Waals surface area contributed by atoms with Gasteiger partial charge in [0, 0.05) is 17.8 Å². The first-order valence-corrected chi connectivity index (χ1v) is 8.58. The number of hydrogen-bond acceptors (Lipinski definition) is 3. The van der Waals surface area contributed by atoms with E-state index < -0.39 is 29.6 Å². The number of halogens is 2. The quantitative estimate of drug-likeness (QED) is 0.910. The summed E-state index contributed by atoms with van der Waals surface area (Å²) in [7, 11) is 0. The third kappa shape index (κ3) is 2.48. The molecule has 1 saturated heterocycles. The summed E-state index contributed by atoms with van der Waals surface area (Å²) in [6.45, 7) is 0.353. The van der Waals surface area contributed by atoms with E-state index in [1.165, 1.54) is 21.7 Å². The van der Waals surface area contributed by atoms with Crippen LogP contribution in [0.15, 0.2) is 18.2 Å². The number of benzene rings is 1. The lowest BCUT2D eigenvalue weighted by atomic mass is 10.1. The number of carboxylic acids is 1. The first-order valence-electron chi connectivity index (χ1n) is 8.58. The maximum Gasteiger partial charge on any atom is 0.326 e. The molecule has 2 aliphatic rings. The molecule has 2 aromatic rings. The third-order valence-electron chi connectivity index (χ3n) is 5.09. The van der Waals surface area contributed by atoms with Crippen molar-refractivity contribution in [2.45, 2.75) is 38.1 Å². The van der Waals surface area contributed by atoms with E-state index in [9.17, 15) is 23.5 Å². The molecule has 4 rings (SSSR count). The lowest BCUT2D eigenvalue weighted by molar-refractivity contribution is -0.141. The molecule has 1 aliphatic heterocycles. The van der Waals surface area contributed by atoms with Crippen molar-refractivity contribution in [1.82, 2.24) is 14.7 Å². The molecule has 6 nitrogen and oxygen atoms in total. The van der Waals surface area contributed by atoms with E-state index in [1.807, 2.05) is 0 Å². The molecule has 0 unspecified atom stereocenters. The molecule has 1 aromatic carbocycles. The predicted octanol–water partition coefficient (Wildman–Crippen LogP) is 2.33. The number of amides is 1. The Bertz CT molecular complexity index is 909. The number of rotatable bonds is 3. The van der Waals surface area contributed by atoms with Crippen molar-refractivity contribution in [1.29, 1.82) is 0 Å². The third-order valence-corrected chi connectivity index (χ3v) is 5.09. The number of carbonyl (C=O) groups excluding carboxylic acids is 1. The van der Waals surface area contributed by atoms with Crippen molar-refractivity contribution < 1.29 is 23.5 Å². The SMILES string of the molecule is O=C(O)[C@H]1CCCN1C(=O)c1nn(-c2cccc(F)c2F)c2c1CCC2. The molecule has 0 bridgehead atoms. The van der Waals surface area contributed by atoms with E-state index in [2.05, 4.69) is 5.10 Å². The summed E-state index contributed by atoms with van der Waals surface area (Å²) in [4.78, 5) is 25.6. The van der Waals surface area contributed by atoms with Crippen LogP contribution in [0.5, 0.6) is 0 Å². The summed E-state index contributed by atoms with van der Waals surface area (Å²) >= 11 is 0. The predicted molar refractivity (Wildman–Crippen MR) is 87.2 cm³/mol. The molecule has 1 amide bonds. The molecule has 1 aromatic heterocycles. The Kier molecular flexibility index (Phi) is 3.97. The van der Waals surface area contributed by atoms with Gasteiger partial charge in [-0.1, -0.05) is 6.07 Å². The summed E-state index contributed by atoms with van der Waals surface area (Å²) in [5, 5.41) is 13.6. The fraction of sp³-hybridized carbons (Fsp3) is 0.389. The van der Waals surface area contributed by atoms with Gasteiger partial charge in [0.25, 0.3) is 5.91 Å². The molecule has 0 spiro atoms. The van der Waals surface area contributed by atoms with E-state index in [0.717, 1.165) is 12.5 Å². The van der Waals surface area contributed by atoms with Crippen LogP contribution in [0.25, 0.3) is 5.69 Å². The van der Waals surface area contributed by atoms with Crippen molar-refractivity contribution >= 4 is 11.9 Å². The van der Waals surface area contributed by atoms with Crippen molar-refractivity contribution in [2.24, 2.45) is 0 Å². The van der Waals surface area contributed by atoms with E-state index in [0.29, 0.717) is 43.5 Å². The van der Waals surface area contributed by atoms with Crippen LogP contribution in [-0.4, -0.2) is 44.3 Å². The van der Waals surface area contributed by atoms with Crippen LogP contribution < -0.4 is 0 Å². The Hall–Kier alpha value is -2.77. The van der Waals surface area contributed by atoms with Gasteiger partial charge < -0.3 is 10.0 Å². The van der Waals surface area contributed by atoms with Gasteiger partial charge in [-0.25, -0.2) is 18.3 Å². The fourth-order valence-corrected chi connectivity index (χ4v) is 3.87. The largest absolute Gasteiger partial charge is 0.480 e. The number of fused-ring (bicyclic) bond motifs is 1. The summed E-state index contributed by atoms with van der Waals surface area (Å²) in [5.41, 5.74) is 1.49. The monoisotopic (exact) mass is 361 g/mol. The van der Waals surface area contributed by atoms with E-state index in [1.54, 1.807) is 0 Å². The highest BCUT2D eigenvalue weighted by Crippen LogP contribution is 2.31. The number of carboxylic acid groups (broad SMARTS) is 1. The van der Waals surface area contributed by atoms with Crippen LogP contribution in [0.4, 0.5) is 8.78 Å².